The summed E-state index contributed by atoms with van der Waals surface area (Å²) in [6.45, 7) is 6.99. The van der Waals surface area contributed by atoms with E-state index in [2.05, 4.69) is 13.2 Å². The molecule has 2 rings (SSSR count). The van der Waals surface area contributed by atoms with Gasteiger partial charge in [-0.2, -0.15) is 0 Å². The van der Waals surface area contributed by atoms with E-state index in [0.29, 0.717) is 12.1 Å². The van der Waals surface area contributed by atoms with Gasteiger partial charge < -0.3 is 4.74 Å². The van der Waals surface area contributed by atoms with E-state index in [1.54, 1.807) is 0 Å². The summed E-state index contributed by atoms with van der Waals surface area (Å²) in [5.74, 6) is -3.65. The molecule has 0 fully saturated rings. The number of hydrogen-bond donors (Lipinski definition) is 0. The van der Waals surface area contributed by atoms with E-state index in [0.717, 1.165) is 12.1 Å². The molecule has 0 spiro atoms. The van der Waals surface area contributed by atoms with Gasteiger partial charge in [0.05, 0.1) is 0 Å². The first-order chi connectivity index (χ1) is 11.0. The Labute approximate surface area is 131 Å². The van der Waals surface area contributed by atoms with Gasteiger partial charge in [-0.1, -0.05) is 12.2 Å². The van der Waals surface area contributed by atoms with Crippen LogP contribution in [0.25, 0.3) is 0 Å². The van der Waals surface area contributed by atoms with Crippen LogP contribution in [0.4, 0.5) is 17.6 Å². The topological polar surface area (TPSA) is 9.23 Å². The molecule has 1 nitrogen and oxygen atoms in total. The highest BCUT2D eigenvalue weighted by molar-refractivity contribution is 5.44. The molecule has 0 N–H and O–H groups in total. The van der Waals surface area contributed by atoms with Gasteiger partial charge in [0.2, 0.25) is 0 Å². The summed E-state index contributed by atoms with van der Waals surface area (Å²) in [5, 5.41) is 0. The molecule has 5 heteroatoms. The summed E-state index contributed by atoms with van der Waals surface area (Å²) >= 11 is 0. The zero-order chi connectivity index (χ0) is 17.0. The summed E-state index contributed by atoms with van der Waals surface area (Å²) in [7, 11) is 0. The van der Waals surface area contributed by atoms with Crippen LogP contribution in [0.5, 0.6) is 11.5 Å². The standard InChI is InChI=1S/C18H14F4O/c1-3-5-13-15(21)7-11(19)9-17(13)23-18-10-12(20)8-16(22)14(18)6-4-2/h3-4,7-10H,1-2,5-6H2. The Balaban J connectivity index is 2.54. The first-order valence-corrected chi connectivity index (χ1v) is 6.81. The van der Waals surface area contributed by atoms with Gasteiger partial charge in [-0.15, -0.1) is 13.2 Å². The minimum Gasteiger partial charge on any atom is -0.456 e. The second-order valence-electron chi connectivity index (χ2n) is 4.82. The van der Waals surface area contributed by atoms with E-state index < -0.39 is 23.3 Å². The van der Waals surface area contributed by atoms with Crippen molar-refractivity contribution in [3.8, 4) is 11.5 Å². The van der Waals surface area contributed by atoms with Crippen molar-refractivity contribution in [1.82, 2.24) is 0 Å². The average molecular weight is 322 g/mol. The monoisotopic (exact) mass is 322 g/mol. The molecule has 0 amide bonds. The Morgan fingerprint density at radius 2 is 1.13 bits per heavy atom. The molecule has 0 aliphatic carbocycles. The quantitative estimate of drug-likeness (QED) is 0.504. The minimum absolute atomic E-state index is 0.0515. The second kappa shape index (κ2) is 7.13. The Hall–Kier alpha value is -2.56. The van der Waals surface area contributed by atoms with Crippen LogP contribution in [0, 0.1) is 23.3 Å². The average Bonchev–Trinajstić information content (AvgIpc) is 2.46. The van der Waals surface area contributed by atoms with Gasteiger partial charge in [0.25, 0.3) is 0 Å². The minimum atomic E-state index is -0.854. The number of benzene rings is 2. The maximum atomic E-state index is 13.9. The first kappa shape index (κ1) is 16.8. The Morgan fingerprint density at radius 3 is 1.48 bits per heavy atom. The third kappa shape index (κ3) is 3.80. The molecule has 0 unspecified atom stereocenters. The van der Waals surface area contributed by atoms with Crippen molar-refractivity contribution in [2.24, 2.45) is 0 Å². The molecule has 120 valence electrons. The zero-order valence-electron chi connectivity index (χ0n) is 12.2. The number of hydrogen-bond acceptors (Lipinski definition) is 1. The Bertz CT molecular complexity index is 690. The number of halogens is 4. The number of ether oxygens (including phenoxy) is 1. The van der Waals surface area contributed by atoms with Gasteiger partial charge in [0, 0.05) is 35.4 Å². The fraction of sp³-hybridized carbons (Fsp3) is 0.111. The van der Waals surface area contributed by atoms with E-state index in [4.69, 9.17) is 4.74 Å². The van der Waals surface area contributed by atoms with E-state index in [-0.39, 0.29) is 35.5 Å². The molecular weight excluding hydrogens is 308 g/mol. The van der Waals surface area contributed by atoms with Crippen LogP contribution in [-0.4, -0.2) is 0 Å². The SMILES string of the molecule is C=CCc1c(F)cc(F)cc1Oc1cc(F)cc(F)c1CC=C. The van der Waals surface area contributed by atoms with Crippen molar-refractivity contribution in [3.05, 3.63) is 84.0 Å². The highest BCUT2D eigenvalue weighted by Gasteiger charge is 2.17. The molecule has 0 bridgehead atoms. The zero-order valence-corrected chi connectivity index (χ0v) is 12.2. The van der Waals surface area contributed by atoms with Gasteiger partial charge in [0.15, 0.2) is 0 Å². The predicted molar refractivity (Wildman–Crippen MR) is 80.6 cm³/mol. The lowest BCUT2D eigenvalue weighted by molar-refractivity contribution is 0.444. The van der Waals surface area contributed by atoms with Crippen LogP contribution in [0.15, 0.2) is 49.6 Å². The summed E-state index contributed by atoms with van der Waals surface area (Å²) in [6.07, 6.45) is 2.99. The highest BCUT2D eigenvalue weighted by atomic mass is 19.1. The van der Waals surface area contributed by atoms with Gasteiger partial charge >= 0.3 is 0 Å². The van der Waals surface area contributed by atoms with Crippen molar-refractivity contribution in [2.75, 3.05) is 0 Å². The lowest BCUT2D eigenvalue weighted by atomic mass is 10.1. The molecule has 0 radical (unpaired) electrons. The fourth-order valence-corrected chi connectivity index (χ4v) is 2.15. The number of rotatable bonds is 6. The molecule has 0 aliphatic heterocycles. The van der Waals surface area contributed by atoms with Gasteiger partial charge in [0.1, 0.15) is 34.8 Å². The first-order valence-electron chi connectivity index (χ1n) is 6.81. The molecule has 0 saturated carbocycles. The third-order valence-corrected chi connectivity index (χ3v) is 3.16. The molecule has 0 aromatic heterocycles. The number of allylic oxidation sites excluding steroid dienone is 2. The highest BCUT2D eigenvalue weighted by Crippen LogP contribution is 2.33. The maximum absolute atomic E-state index is 13.9. The molecule has 23 heavy (non-hydrogen) atoms. The van der Waals surface area contributed by atoms with Gasteiger partial charge in [-0.05, 0) is 12.8 Å². The van der Waals surface area contributed by atoms with E-state index in [9.17, 15) is 17.6 Å². The largest absolute Gasteiger partial charge is 0.456 e. The van der Waals surface area contributed by atoms with Crippen molar-refractivity contribution < 1.29 is 22.3 Å². The van der Waals surface area contributed by atoms with Crippen molar-refractivity contribution in [3.63, 3.8) is 0 Å². The normalized spacial score (nSPS) is 10.4. The van der Waals surface area contributed by atoms with E-state index >= 15 is 0 Å². The van der Waals surface area contributed by atoms with Crippen LogP contribution >= 0.6 is 0 Å². The van der Waals surface area contributed by atoms with E-state index in [1.165, 1.54) is 12.2 Å². The van der Waals surface area contributed by atoms with Crippen LogP contribution < -0.4 is 4.74 Å². The van der Waals surface area contributed by atoms with Crippen LogP contribution in [0.2, 0.25) is 0 Å². The molecule has 0 saturated heterocycles. The van der Waals surface area contributed by atoms with E-state index in [1.807, 2.05) is 0 Å². The maximum Gasteiger partial charge on any atom is 0.136 e. The third-order valence-electron chi connectivity index (χ3n) is 3.16. The molecular formula is C18H14F4O. The molecule has 2 aromatic rings. The Morgan fingerprint density at radius 1 is 0.739 bits per heavy atom. The molecule has 0 aliphatic rings. The molecule has 2 aromatic carbocycles. The summed E-state index contributed by atoms with van der Waals surface area (Å²) < 4.78 is 60.1. The van der Waals surface area contributed by atoms with Crippen LogP contribution in [0.3, 0.4) is 0 Å². The fourth-order valence-electron chi connectivity index (χ4n) is 2.15. The molecule has 0 atom stereocenters. The van der Waals surface area contributed by atoms with Crippen LogP contribution in [0.1, 0.15) is 11.1 Å². The smallest absolute Gasteiger partial charge is 0.136 e. The second-order valence-corrected chi connectivity index (χ2v) is 4.82. The molecule has 0 heterocycles. The predicted octanol–water partition coefficient (Wildman–Crippen LogP) is 5.49. The van der Waals surface area contributed by atoms with Gasteiger partial charge in [-0.3, -0.25) is 0 Å². The van der Waals surface area contributed by atoms with Crippen molar-refractivity contribution in [2.45, 2.75) is 12.8 Å². The van der Waals surface area contributed by atoms with Gasteiger partial charge in [-0.25, -0.2) is 17.6 Å². The summed E-state index contributed by atoms with van der Waals surface area (Å²) in [4.78, 5) is 0. The summed E-state index contributed by atoms with van der Waals surface area (Å²) in [6, 6.07) is 3.34. The lowest BCUT2D eigenvalue weighted by Gasteiger charge is -2.15. The van der Waals surface area contributed by atoms with Crippen LogP contribution in [-0.2, 0) is 12.8 Å². The lowest BCUT2D eigenvalue weighted by Crippen LogP contribution is -2.01. The summed E-state index contributed by atoms with van der Waals surface area (Å²) in [5.41, 5.74) is 0.103. The van der Waals surface area contributed by atoms with Crippen molar-refractivity contribution in [1.29, 1.82) is 0 Å². The Kier molecular flexibility index (Phi) is 5.21. The van der Waals surface area contributed by atoms with Crippen molar-refractivity contribution >= 4 is 0 Å².